The molecule has 0 spiro atoms. The van der Waals surface area contributed by atoms with Crippen molar-refractivity contribution in [2.75, 3.05) is 38.2 Å². The summed E-state index contributed by atoms with van der Waals surface area (Å²) in [7, 11) is 2.08. The van der Waals surface area contributed by atoms with Crippen LogP contribution in [0.1, 0.15) is 54.6 Å². The molecule has 1 aromatic carbocycles. The van der Waals surface area contributed by atoms with E-state index >= 15 is 0 Å². The molecule has 1 fully saturated rings. The summed E-state index contributed by atoms with van der Waals surface area (Å²) in [6.07, 6.45) is 3.37. The molecule has 3 heterocycles. The number of anilines is 1. The first-order valence-corrected chi connectivity index (χ1v) is 11.8. The van der Waals surface area contributed by atoms with Gasteiger partial charge in [-0.2, -0.15) is 0 Å². The number of nitrogens with zero attached hydrogens (tertiary/aromatic N) is 4. The van der Waals surface area contributed by atoms with E-state index in [0.717, 1.165) is 67.2 Å². The van der Waals surface area contributed by atoms with Crippen molar-refractivity contribution in [1.29, 1.82) is 0 Å². The van der Waals surface area contributed by atoms with Crippen LogP contribution < -0.4 is 16.2 Å². The summed E-state index contributed by atoms with van der Waals surface area (Å²) < 4.78 is 0. The van der Waals surface area contributed by atoms with Crippen LogP contribution in [0, 0.1) is 0 Å². The summed E-state index contributed by atoms with van der Waals surface area (Å²) in [6.45, 7) is 8.92. The number of amides is 1. The number of rotatable bonds is 7. The molecule has 2 aliphatic heterocycles. The minimum Gasteiger partial charge on any atom is -0.339 e. The lowest BCUT2D eigenvalue weighted by molar-refractivity contribution is 0.0723. The van der Waals surface area contributed by atoms with Gasteiger partial charge >= 0.3 is 0 Å². The van der Waals surface area contributed by atoms with Gasteiger partial charge in [-0.05, 0) is 57.9 Å². The van der Waals surface area contributed by atoms with Crippen molar-refractivity contribution >= 4 is 11.7 Å². The molecule has 0 unspecified atom stereocenters. The number of hydrogen-bond donors (Lipinski definition) is 2. The molecule has 172 valence electrons. The highest BCUT2D eigenvalue weighted by Crippen LogP contribution is 2.33. The highest BCUT2D eigenvalue weighted by molar-refractivity contribution is 5.98. The Bertz CT molecular complexity index is 953. The van der Waals surface area contributed by atoms with Gasteiger partial charge in [0.25, 0.3) is 5.91 Å². The fourth-order valence-electron chi connectivity index (χ4n) is 4.64. The molecule has 2 aliphatic rings. The molecule has 32 heavy (non-hydrogen) atoms. The van der Waals surface area contributed by atoms with Crippen LogP contribution >= 0.6 is 0 Å². The molecular formula is C25H36N6O. The minimum absolute atomic E-state index is 0.135. The zero-order valence-electron chi connectivity index (χ0n) is 19.6. The Morgan fingerprint density at radius 1 is 1.22 bits per heavy atom. The van der Waals surface area contributed by atoms with Gasteiger partial charge in [-0.25, -0.2) is 10.4 Å². The predicted molar refractivity (Wildman–Crippen MR) is 129 cm³/mol. The van der Waals surface area contributed by atoms with Crippen LogP contribution in [0.2, 0.25) is 0 Å². The van der Waals surface area contributed by atoms with Crippen molar-refractivity contribution in [2.24, 2.45) is 5.73 Å². The van der Waals surface area contributed by atoms with Gasteiger partial charge in [0, 0.05) is 62.0 Å². The van der Waals surface area contributed by atoms with Crippen molar-refractivity contribution in [3.8, 4) is 11.3 Å². The van der Waals surface area contributed by atoms with Gasteiger partial charge in [-0.1, -0.05) is 18.2 Å². The molecule has 1 amide bonds. The summed E-state index contributed by atoms with van der Waals surface area (Å²) in [5.41, 5.74) is 14.0. The van der Waals surface area contributed by atoms with Gasteiger partial charge in [0.05, 0.1) is 5.69 Å². The summed E-state index contributed by atoms with van der Waals surface area (Å²) in [5, 5.41) is 2.09. The fourth-order valence-corrected chi connectivity index (χ4v) is 4.64. The van der Waals surface area contributed by atoms with Gasteiger partial charge in [0.1, 0.15) is 5.82 Å². The first-order chi connectivity index (χ1) is 15.5. The summed E-state index contributed by atoms with van der Waals surface area (Å²) in [4.78, 5) is 22.8. The van der Waals surface area contributed by atoms with Crippen LogP contribution in [0.3, 0.4) is 0 Å². The molecule has 0 aliphatic carbocycles. The highest BCUT2D eigenvalue weighted by atomic mass is 16.2. The number of carbonyl (C=O) groups is 1. The van der Waals surface area contributed by atoms with Crippen molar-refractivity contribution in [3.63, 3.8) is 0 Å². The van der Waals surface area contributed by atoms with E-state index in [4.69, 9.17) is 10.7 Å². The Hall–Kier alpha value is -2.48. The van der Waals surface area contributed by atoms with E-state index in [0.29, 0.717) is 13.1 Å². The first-order valence-electron chi connectivity index (χ1n) is 11.8. The maximum Gasteiger partial charge on any atom is 0.254 e. The quantitative estimate of drug-likeness (QED) is 0.695. The van der Waals surface area contributed by atoms with E-state index in [1.807, 2.05) is 11.0 Å². The number of piperidine rings is 1. The van der Waals surface area contributed by atoms with Crippen LogP contribution in [0.4, 0.5) is 5.82 Å². The van der Waals surface area contributed by atoms with Gasteiger partial charge in [-0.15, -0.1) is 0 Å². The molecule has 3 N–H and O–H groups in total. The van der Waals surface area contributed by atoms with Crippen LogP contribution in [0.5, 0.6) is 0 Å². The van der Waals surface area contributed by atoms with Gasteiger partial charge < -0.3 is 15.5 Å². The second kappa shape index (κ2) is 9.98. The van der Waals surface area contributed by atoms with Crippen molar-refractivity contribution in [2.45, 2.75) is 52.2 Å². The third-order valence-electron chi connectivity index (χ3n) is 6.33. The van der Waals surface area contributed by atoms with Crippen molar-refractivity contribution in [1.82, 2.24) is 20.2 Å². The Morgan fingerprint density at radius 2 is 2.00 bits per heavy atom. The number of aromatic nitrogens is 1. The highest BCUT2D eigenvalue weighted by Gasteiger charge is 2.30. The average Bonchev–Trinajstić information content (AvgIpc) is 3.23. The smallest absolute Gasteiger partial charge is 0.254 e. The summed E-state index contributed by atoms with van der Waals surface area (Å²) in [6, 6.07) is 10.7. The lowest BCUT2D eigenvalue weighted by Crippen LogP contribution is -2.38. The van der Waals surface area contributed by atoms with Gasteiger partial charge in [0.15, 0.2) is 0 Å². The number of likely N-dealkylation sites (tertiary alicyclic amines) is 1. The number of pyridine rings is 1. The Balaban J connectivity index is 1.73. The van der Waals surface area contributed by atoms with Crippen LogP contribution in [-0.4, -0.2) is 60.0 Å². The zero-order valence-corrected chi connectivity index (χ0v) is 19.6. The molecule has 7 nitrogen and oxygen atoms in total. The fraction of sp³-hybridized carbons (Fsp3) is 0.520. The van der Waals surface area contributed by atoms with Crippen LogP contribution in [-0.2, 0) is 13.1 Å². The predicted octanol–water partition coefficient (Wildman–Crippen LogP) is 3.00. The van der Waals surface area contributed by atoms with E-state index in [2.05, 4.69) is 60.5 Å². The molecule has 4 rings (SSSR count). The monoisotopic (exact) mass is 436 g/mol. The summed E-state index contributed by atoms with van der Waals surface area (Å²) in [5.74, 6) is 1.01. The van der Waals surface area contributed by atoms with Crippen LogP contribution in [0.25, 0.3) is 11.3 Å². The average molecular weight is 437 g/mol. The van der Waals surface area contributed by atoms with Crippen molar-refractivity contribution in [3.05, 3.63) is 47.0 Å². The topological polar surface area (TPSA) is 77.7 Å². The number of hydrogen-bond acceptors (Lipinski definition) is 6. The third kappa shape index (κ3) is 4.80. The van der Waals surface area contributed by atoms with E-state index in [1.165, 1.54) is 12.0 Å². The molecule has 0 bridgehead atoms. The molecule has 2 aromatic rings. The first kappa shape index (κ1) is 22.7. The molecule has 0 radical (unpaired) electrons. The van der Waals surface area contributed by atoms with Gasteiger partial charge in [0.2, 0.25) is 0 Å². The standard InChI is InChI=1S/C25H36N6O/c1-18(2)31-24-22(16-27-31)21(25(32)30-11-5-4-6-12-30)15-23(28-24)20-9-7-8-19(14-20)17-29(3)13-10-26/h7-9,14-15,18,27H,4-6,10-13,16-17,26H2,1-3H3. The number of carbonyl (C=O) groups excluding carboxylic acids is 1. The van der Waals surface area contributed by atoms with E-state index in [9.17, 15) is 4.79 Å². The Kier molecular flexibility index (Phi) is 7.08. The summed E-state index contributed by atoms with van der Waals surface area (Å²) >= 11 is 0. The SMILES string of the molecule is CC(C)N1NCc2c(C(=O)N3CCCCC3)cc(-c3cccc(CN(C)CCN)c3)nc21. The maximum absolute atomic E-state index is 13.5. The maximum atomic E-state index is 13.5. The molecule has 1 saturated heterocycles. The number of hydrazine groups is 1. The zero-order chi connectivity index (χ0) is 22.7. The Labute approximate surface area is 191 Å². The number of fused-ring (bicyclic) bond motifs is 1. The minimum atomic E-state index is 0.135. The van der Waals surface area contributed by atoms with Gasteiger partial charge in [-0.3, -0.25) is 9.80 Å². The van der Waals surface area contributed by atoms with E-state index in [-0.39, 0.29) is 11.9 Å². The molecule has 0 atom stereocenters. The molecule has 7 heteroatoms. The number of nitrogens with one attached hydrogen (secondary N) is 1. The van der Waals surface area contributed by atoms with E-state index < -0.39 is 0 Å². The molecular weight excluding hydrogens is 400 g/mol. The largest absolute Gasteiger partial charge is 0.339 e. The number of benzene rings is 1. The van der Waals surface area contributed by atoms with Crippen molar-refractivity contribution < 1.29 is 4.79 Å². The third-order valence-corrected chi connectivity index (χ3v) is 6.33. The van der Waals surface area contributed by atoms with E-state index in [1.54, 1.807) is 0 Å². The second-order valence-electron chi connectivity index (χ2n) is 9.24. The normalized spacial score (nSPS) is 16.2. The van der Waals surface area contributed by atoms with Crippen LogP contribution in [0.15, 0.2) is 30.3 Å². The molecule has 0 saturated carbocycles. The number of likely N-dealkylation sites (N-methyl/N-ethyl adjacent to an activating group) is 1. The lowest BCUT2D eigenvalue weighted by Gasteiger charge is -2.28. The number of nitrogens with two attached hydrogens (primary N) is 1. The second-order valence-corrected chi connectivity index (χ2v) is 9.24. The molecule has 1 aromatic heterocycles. The lowest BCUT2D eigenvalue weighted by atomic mass is 10.0. The Morgan fingerprint density at radius 3 is 2.72 bits per heavy atom.